The van der Waals surface area contributed by atoms with Crippen molar-refractivity contribution in [3.05, 3.63) is 0 Å². The molecule has 1 N–H and O–H groups in total. The van der Waals surface area contributed by atoms with Crippen LogP contribution in [0.15, 0.2) is 0 Å². The standard InChI is InChI=1S/C15H33N5/c1-14(18-8-6-17(5)7-9-18)16-20-12-10-19(11-13-20)15(2,3)4/h14,16H,6-13H2,1-5H3. The second-order valence-electron chi connectivity index (χ2n) is 7.29. The quantitative estimate of drug-likeness (QED) is 0.813. The van der Waals surface area contributed by atoms with E-state index in [2.05, 4.69) is 59.9 Å². The number of nitrogens with one attached hydrogen (secondary N) is 1. The maximum atomic E-state index is 3.69. The molecule has 0 aliphatic carbocycles. The van der Waals surface area contributed by atoms with Gasteiger partial charge in [0, 0.05) is 57.9 Å². The Morgan fingerprint density at radius 1 is 0.850 bits per heavy atom. The van der Waals surface area contributed by atoms with Gasteiger partial charge in [-0.1, -0.05) is 0 Å². The zero-order valence-electron chi connectivity index (χ0n) is 14.0. The number of hydrazine groups is 1. The predicted octanol–water partition coefficient (Wildman–Crippen LogP) is 0.501. The van der Waals surface area contributed by atoms with Gasteiger partial charge >= 0.3 is 0 Å². The Hall–Kier alpha value is -0.200. The zero-order valence-corrected chi connectivity index (χ0v) is 14.0. The molecule has 2 aliphatic heterocycles. The van der Waals surface area contributed by atoms with Crippen molar-refractivity contribution in [2.45, 2.75) is 39.4 Å². The summed E-state index contributed by atoms with van der Waals surface area (Å²) >= 11 is 0. The molecule has 0 spiro atoms. The molecule has 0 saturated carbocycles. The Morgan fingerprint density at radius 3 is 1.90 bits per heavy atom. The van der Waals surface area contributed by atoms with Crippen LogP contribution in [0, 0.1) is 0 Å². The lowest BCUT2D eigenvalue weighted by Crippen LogP contribution is -2.61. The van der Waals surface area contributed by atoms with Crippen molar-refractivity contribution in [3.8, 4) is 0 Å². The number of nitrogens with zero attached hydrogens (tertiary/aromatic N) is 4. The highest BCUT2D eigenvalue weighted by Crippen LogP contribution is 2.15. The molecule has 1 atom stereocenters. The van der Waals surface area contributed by atoms with Crippen LogP contribution in [0.5, 0.6) is 0 Å². The van der Waals surface area contributed by atoms with Crippen LogP contribution in [0.4, 0.5) is 0 Å². The highest BCUT2D eigenvalue weighted by atomic mass is 15.6. The molecule has 0 aromatic rings. The molecule has 0 aromatic carbocycles. The Kier molecular flexibility index (Phi) is 5.42. The molecule has 2 saturated heterocycles. The molecule has 20 heavy (non-hydrogen) atoms. The van der Waals surface area contributed by atoms with Crippen LogP contribution in [0.2, 0.25) is 0 Å². The average molecular weight is 283 g/mol. The fourth-order valence-electron chi connectivity index (χ4n) is 3.06. The lowest BCUT2D eigenvalue weighted by molar-refractivity contribution is -0.00280. The van der Waals surface area contributed by atoms with Crippen LogP contribution in [0.1, 0.15) is 27.7 Å². The number of piperazine rings is 2. The van der Waals surface area contributed by atoms with Crippen molar-refractivity contribution >= 4 is 0 Å². The van der Waals surface area contributed by atoms with Crippen LogP contribution < -0.4 is 5.43 Å². The predicted molar refractivity (Wildman–Crippen MR) is 84.6 cm³/mol. The van der Waals surface area contributed by atoms with E-state index in [-0.39, 0.29) is 0 Å². The van der Waals surface area contributed by atoms with E-state index in [0.717, 1.165) is 26.2 Å². The second kappa shape index (κ2) is 6.71. The van der Waals surface area contributed by atoms with E-state index < -0.39 is 0 Å². The van der Waals surface area contributed by atoms with Crippen LogP contribution in [-0.2, 0) is 0 Å². The first-order valence-electron chi connectivity index (χ1n) is 8.05. The molecule has 2 aliphatic rings. The Labute approximate surface area is 124 Å². The third kappa shape index (κ3) is 4.40. The summed E-state index contributed by atoms with van der Waals surface area (Å²) in [6, 6.07) is 0. The fraction of sp³-hybridized carbons (Fsp3) is 1.00. The summed E-state index contributed by atoms with van der Waals surface area (Å²) in [5, 5.41) is 2.41. The third-order valence-corrected chi connectivity index (χ3v) is 4.68. The van der Waals surface area contributed by atoms with E-state index in [4.69, 9.17) is 0 Å². The average Bonchev–Trinajstić information content (AvgIpc) is 2.39. The van der Waals surface area contributed by atoms with Crippen LogP contribution in [-0.4, -0.2) is 90.8 Å². The summed E-state index contributed by atoms with van der Waals surface area (Å²) in [6.07, 6.45) is 0.449. The highest BCUT2D eigenvalue weighted by molar-refractivity contribution is 4.81. The maximum absolute atomic E-state index is 3.69. The topological polar surface area (TPSA) is 25.0 Å². The van der Waals surface area contributed by atoms with Gasteiger partial charge in [0.15, 0.2) is 0 Å². The molecule has 5 nitrogen and oxygen atoms in total. The van der Waals surface area contributed by atoms with E-state index in [0.29, 0.717) is 11.7 Å². The fourth-order valence-corrected chi connectivity index (χ4v) is 3.06. The number of rotatable bonds is 3. The summed E-state index contributed by atoms with van der Waals surface area (Å²) in [5.41, 5.74) is 3.99. The molecule has 0 aromatic heterocycles. The lowest BCUT2D eigenvalue weighted by Gasteiger charge is -2.44. The van der Waals surface area contributed by atoms with E-state index in [9.17, 15) is 0 Å². The van der Waals surface area contributed by atoms with Crippen molar-refractivity contribution in [1.82, 2.24) is 25.1 Å². The van der Waals surface area contributed by atoms with Gasteiger partial charge in [-0.2, -0.15) is 0 Å². The van der Waals surface area contributed by atoms with Gasteiger partial charge < -0.3 is 4.90 Å². The molecule has 2 rings (SSSR count). The normalized spacial score (nSPS) is 26.9. The van der Waals surface area contributed by atoms with E-state index in [1.165, 1.54) is 26.2 Å². The van der Waals surface area contributed by atoms with Gasteiger partial charge in [0.05, 0.1) is 6.17 Å². The van der Waals surface area contributed by atoms with Gasteiger partial charge in [-0.3, -0.25) is 9.80 Å². The monoisotopic (exact) mass is 283 g/mol. The van der Waals surface area contributed by atoms with E-state index >= 15 is 0 Å². The van der Waals surface area contributed by atoms with Gasteiger partial charge in [0.25, 0.3) is 0 Å². The van der Waals surface area contributed by atoms with E-state index in [1.54, 1.807) is 0 Å². The van der Waals surface area contributed by atoms with Crippen LogP contribution in [0.25, 0.3) is 0 Å². The summed E-state index contributed by atoms with van der Waals surface area (Å²) in [5.74, 6) is 0. The summed E-state index contributed by atoms with van der Waals surface area (Å²) in [6.45, 7) is 18.5. The molecular formula is C15H33N5. The molecule has 0 radical (unpaired) electrons. The van der Waals surface area contributed by atoms with Crippen LogP contribution >= 0.6 is 0 Å². The first-order chi connectivity index (χ1) is 9.36. The molecule has 118 valence electrons. The van der Waals surface area contributed by atoms with Crippen molar-refractivity contribution in [1.29, 1.82) is 0 Å². The van der Waals surface area contributed by atoms with Gasteiger partial charge in [0.2, 0.25) is 0 Å². The zero-order chi connectivity index (χ0) is 14.8. The van der Waals surface area contributed by atoms with Crippen LogP contribution in [0.3, 0.4) is 0 Å². The maximum Gasteiger partial charge on any atom is 0.0703 e. The van der Waals surface area contributed by atoms with Gasteiger partial charge in [-0.15, -0.1) is 0 Å². The minimum atomic E-state index is 0.301. The Morgan fingerprint density at radius 2 is 1.40 bits per heavy atom. The highest BCUT2D eigenvalue weighted by Gasteiger charge is 2.27. The molecule has 5 heteroatoms. The lowest BCUT2D eigenvalue weighted by atomic mass is 10.1. The van der Waals surface area contributed by atoms with Gasteiger partial charge in [-0.05, 0) is 34.7 Å². The summed E-state index contributed by atoms with van der Waals surface area (Å²) in [4.78, 5) is 7.53. The van der Waals surface area contributed by atoms with Gasteiger partial charge in [0.1, 0.15) is 0 Å². The molecule has 0 amide bonds. The van der Waals surface area contributed by atoms with Crippen molar-refractivity contribution < 1.29 is 0 Å². The molecular weight excluding hydrogens is 250 g/mol. The summed E-state index contributed by atoms with van der Waals surface area (Å²) < 4.78 is 0. The van der Waals surface area contributed by atoms with Crippen molar-refractivity contribution in [2.75, 3.05) is 59.4 Å². The van der Waals surface area contributed by atoms with Gasteiger partial charge in [-0.25, -0.2) is 10.4 Å². The Bertz CT molecular complexity index is 285. The SMILES string of the molecule is CC(NN1CCN(C(C)(C)C)CC1)N1CCN(C)CC1. The second-order valence-corrected chi connectivity index (χ2v) is 7.29. The molecule has 1 unspecified atom stereocenters. The molecule has 2 heterocycles. The minimum absolute atomic E-state index is 0.301. The number of hydrogen-bond donors (Lipinski definition) is 1. The van der Waals surface area contributed by atoms with E-state index in [1.807, 2.05) is 0 Å². The number of likely N-dealkylation sites (N-methyl/N-ethyl adjacent to an activating group) is 1. The van der Waals surface area contributed by atoms with Crippen molar-refractivity contribution in [3.63, 3.8) is 0 Å². The molecule has 0 bridgehead atoms. The summed E-state index contributed by atoms with van der Waals surface area (Å²) in [7, 11) is 2.21. The number of hydrogen-bond acceptors (Lipinski definition) is 5. The molecule has 2 fully saturated rings. The minimum Gasteiger partial charge on any atom is -0.304 e. The Balaban J connectivity index is 1.72. The first kappa shape index (κ1) is 16.2. The third-order valence-electron chi connectivity index (χ3n) is 4.68. The smallest absolute Gasteiger partial charge is 0.0703 e. The first-order valence-corrected chi connectivity index (χ1v) is 8.05. The largest absolute Gasteiger partial charge is 0.304 e. The van der Waals surface area contributed by atoms with Crippen molar-refractivity contribution in [2.24, 2.45) is 0 Å².